The Balaban J connectivity index is 2.23. The van der Waals surface area contributed by atoms with Crippen LogP contribution in [0, 0.1) is 0 Å². The van der Waals surface area contributed by atoms with Crippen molar-refractivity contribution in [2.75, 3.05) is 0 Å². The Morgan fingerprint density at radius 3 is 2.30 bits per heavy atom. The summed E-state index contributed by atoms with van der Waals surface area (Å²) in [5.74, 6) is -0.680. The Morgan fingerprint density at radius 1 is 1.10 bits per heavy atom. The van der Waals surface area contributed by atoms with Gasteiger partial charge in [0.25, 0.3) is 0 Å². The lowest BCUT2D eigenvalue weighted by molar-refractivity contribution is -0.134. The van der Waals surface area contributed by atoms with Crippen molar-refractivity contribution < 1.29 is 14.6 Å². The molecule has 0 saturated heterocycles. The van der Waals surface area contributed by atoms with Crippen molar-refractivity contribution in [2.24, 2.45) is 0 Å². The Kier molecular flexibility index (Phi) is 4.56. The first-order chi connectivity index (χ1) is 9.69. The van der Waals surface area contributed by atoms with Gasteiger partial charge in [-0.3, -0.25) is 0 Å². The van der Waals surface area contributed by atoms with Crippen molar-refractivity contribution in [3.63, 3.8) is 0 Å². The number of carboxylic acids is 1. The summed E-state index contributed by atoms with van der Waals surface area (Å²) >= 11 is 0. The first-order valence-corrected chi connectivity index (χ1v) is 6.46. The summed E-state index contributed by atoms with van der Waals surface area (Å²) in [7, 11) is 0. The third-order valence-electron chi connectivity index (χ3n) is 2.87. The van der Waals surface area contributed by atoms with Gasteiger partial charge in [0.15, 0.2) is 0 Å². The molecule has 0 heterocycles. The van der Waals surface area contributed by atoms with E-state index in [0.717, 1.165) is 12.0 Å². The highest BCUT2D eigenvalue weighted by Gasteiger charge is 2.10. The number of hydrogen-bond acceptors (Lipinski definition) is 2. The van der Waals surface area contributed by atoms with Crippen LogP contribution in [0.4, 0.5) is 0 Å². The molecular weight excluding hydrogens is 252 g/mol. The number of carbonyl (C=O) groups is 1. The number of ether oxygens (including phenoxy) is 1. The summed E-state index contributed by atoms with van der Waals surface area (Å²) in [6, 6.07) is 16.6. The van der Waals surface area contributed by atoms with E-state index in [-0.39, 0.29) is 5.76 Å². The van der Waals surface area contributed by atoms with E-state index in [0.29, 0.717) is 5.75 Å². The Labute approximate surface area is 118 Å². The van der Waals surface area contributed by atoms with E-state index < -0.39 is 5.97 Å². The molecule has 0 aromatic heterocycles. The maximum absolute atomic E-state index is 11.2. The minimum atomic E-state index is -1.09. The molecule has 0 aliphatic heterocycles. The number of rotatable bonds is 5. The molecule has 20 heavy (non-hydrogen) atoms. The Hall–Kier alpha value is -2.55. The van der Waals surface area contributed by atoms with E-state index >= 15 is 0 Å². The monoisotopic (exact) mass is 268 g/mol. The third kappa shape index (κ3) is 3.72. The van der Waals surface area contributed by atoms with E-state index in [1.54, 1.807) is 24.3 Å². The van der Waals surface area contributed by atoms with Crippen LogP contribution in [0.2, 0.25) is 0 Å². The molecule has 3 heteroatoms. The Bertz CT molecular complexity index is 598. The van der Waals surface area contributed by atoms with Gasteiger partial charge < -0.3 is 9.84 Å². The smallest absolute Gasteiger partial charge is 0.371 e. The lowest BCUT2D eigenvalue weighted by Crippen LogP contribution is -2.07. The topological polar surface area (TPSA) is 46.5 Å². The highest BCUT2D eigenvalue weighted by molar-refractivity contribution is 5.90. The number of benzene rings is 2. The first-order valence-electron chi connectivity index (χ1n) is 6.46. The summed E-state index contributed by atoms with van der Waals surface area (Å²) in [5.41, 5.74) is 2.01. The molecule has 2 aromatic rings. The quantitative estimate of drug-likeness (QED) is 0.663. The molecule has 0 atom stereocenters. The Morgan fingerprint density at radius 2 is 1.75 bits per heavy atom. The fourth-order valence-electron chi connectivity index (χ4n) is 1.75. The summed E-state index contributed by atoms with van der Waals surface area (Å²) in [6.07, 6.45) is 2.48. The highest BCUT2D eigenvalue weighted by atomic mass is 16.5. The van der Waals surface area contributed by atoms with Gasteiger partial charge in [0.2, 0.25) is 5.76 Å². The lowest BCUT2D eigenvalue weighted by atomic mass is 10.1. The number of aryl methyl sites for hydroxylation is 1. The summed E-state index contributed by atoms with van der Waals surface area (Å²) in [5, 5.41) is 9.20. The molecule has 0 saturated carbocycles. The molecule has 2 aromatic carbocycles. The second kappa shape index (κ2) is 6.57. The number of carboxylic acid groups (broad SMARTS) is 1. The average Bonchev–Trinajstić information content (AvgIpc) is 2.48. The normalized spacial score (nSPS) is 11.2. The van der Waals surface area contributed by atoms with Crippen molar-refractivity contribution in [2.45, 2.75) is 13.3 Å². The van der Waals surface area contributed by atoms with Gasteiger partial charge in [0.1, 0.15) is 5.75 Å². The molecule has 0 aliphatic rings. The van der Waals surface area contributed by atoms with E-state index in [1.807, 2.05) is 30.3 Å². The van der Waals surface area contributed by atoms with Crippen LogP contribution in [0.1, 0.15) is 18.1 Å². The van der Waals surface area contributed by atoms with E-state index in [1.165, 1.54) is 11.6 Å². The fourth-order valence-corrected chi connectivity index (χ4v) is 1.75. The van der Waals surface area contributed by atoms with Crippen molar-refractivity contribution in [1.82, 2.24) is 0 Å². The molecule has 0 fully saturated rings. The highest BCUT2D eigenvalue weighted by Crippen LogP contribution is 2.16. The number of hydrogen-bond donors (Lipinski definition) is 1. The van der Waals surface area contributed by atoms with Gasteiger partial charge in [-0.2, -0.15) is 0 Å². The zero-order valence-electron chi connectivity index (χ0n) is 11.2. The van der Waals surface area contributed by atoms with Gasteiger partial charge in [-0.1, -0.05) is 49.4 Å². The molecule has 0 amide bonds. The minimum Gasteiger partial charge on any atom is -0.475 e. The maximum atomic E-state index is 11.2. The van der Waals surface area contributed by atoms with Gasteiger partial charge in [-0.15, -0.1) is 0 Å². The van der Waals surface area contributed by atoms with Crippen molar-refractivity contribution in [1.29, 1.82) is 0 Å². The van der Waals surface area contributed by atoms with E-state index in [4.69, 9.17) is 4.74 Å². The van der Waals surface area contributed by atoms with Crippen LogP contribution in [0.5, 0.6) is 5.75 Å². The zero-order chi connectivity index (χ0) is 14.4. The van der Waals surface area contributed by atoms with Crippen molar-refractivity contribution in [3.05, 3.63) is 71.5 Å². The van der Waals surface area contributed by atoms with Gasteiger partial charge in [-0.25, -0.2) is 4.79 Å². The molecular formula is C17H16O3. The van der Waals surface area contributed by atoms with Crippen LogP contribution in [0.25, 0.3) is 6.08 Å². The van der Waals surface area contributed by atoms with Crippen LogP contribution >= 0.6 is 0 Å². The van der Waals surface area contributed by atoms with Gasteiger partial charge in [-0.05, 0) is 35.8 Å². The van der Waals surface area contributed by atoms with Gasteiger partial charge in [0, 0.05) is 0 Å². The SMILES string of the molecule is CCc1ccc(C=C(Oc2ccccc2)C(=O)O)cc1. The van der Waals surface area contributed by atoms with Crippen LogP contribution < -0.4 is 4.74 Å². The van der Waals surface area contributed by atoms with Crippen LogP contribution in [-0.2, 0) is 11.2 Å². The standard InChI is InChI=1S/C17H16O3/c1-2-13-8-10-14(11-9-13)12-16(17(18)19)20-15-6-4-3-5-7-15/h3-12H,2H2,1H3,(H,18,19). The predicted molar refractivity (Wildman–Crippen MR) is 78.5 cm³/mol. The summed E-state index contributed by atoms with van der Waals surface area (Å²) in [6.45, 7) is 2.08. The van der Waals surface area contributed by atoms with Gasteiger partial charge >= 0.3 is 5.97 Å². The zero-order valence-corrected chi connectivity index (χ0v) is 11.2. The summed E-state index contributed by atoms with van der Waals surface area (Å²) < 4.78 is 5.40. The molecule has 0 unspecified atom stereocenters. The molecule has 2 rings (SSSR count). The maximum Gasteiger partial charge on any atom is 0.371 e. The van der Waals surface area contributed by atoms with Crippen LogP contribution in [-0.4, -0.2) is 11.1 Å². The summed E-state index contributed by atoms with van der Waals surface area (Å²) in [4.78, 5) is 11.2. The van der Waals surface area contributed by atoms with E-state index in [9.17, 15) is 9.90 Å². The fraction of sp³-hybridized carbons (Fsp3) is 0.118. The van der Waals surface area contributed by atoms with E-state index in [2.05, 4.69) is 6.92 Å². The lowest BCUT2D eigenvalue weighted by Gasteiger charge is -2.06. The van der Waals surface area contributed by atoms with Gasteiger partial charge in [0.05, 0.1) is 0 Å². The molecule has 0 spiro atoms. The van der Waals surface area contributed by atoms with Crippen LogP contribution in [0.3, 0.4) is 0 Å². The van der Waals surface area contributed by atoms with Crippen molar-refractivity contribution >= 4 is 12.0 Å². The molecule has 0 radical (unpaired) electrons. The predicted octanol–water partition coefficient (Wildman–Crippen LogP) is 3.75. The molecule has 0 aliphatic carbocycles. The average molecular weight is 268 g/mol. The largest absolute Gasteiger partial charge is 0.475 e. The first kappa shape index (κ1) is 13.9. The van der Waals surface area contributed by atoms with Crippen molar-refractivity contribution in [3.8, 4) is 5.75 Å². The minimum absolute atomic E-state index is 0.0968. The molecule has 102 valence electrons. The second-order valence-corrected chi connectivity index (χ2v) is 4.32. The molecule has 3 nitrogen and oxygen atoms in total. The third-order valence-corrected chi connectivity index (χ3v) is 2.87. The van der Waals surface area contributed by atoms with Crippen LogP contribution in [0.15, 0.2) is 60.4 Å². The number of aliphatic carboxylic acids is 1. The molecule has 0 bridgehead atoms. The number of para-hydroxylation sites is 1. The second-order valence-electron chi connectivity index (χ2n) is 4.32. The molecule has 1 N–H and O–H groups in total.